The lowest BCUT2D eigenvalue weighted by molar-refractivity contribution is -0.136. The molecule has 0 aromatic heterocycles. The topological polar surface area (TPSA) is 93.7 Å². The molecular weight excluding hydrogens is 372 g/mol. The van der Waals surface area contributed by atoms with Crippen LogP contribution in [-0.2, 0) is 20.7 Å². The van der Waals surface area contributed by atoms with Crippen molar-refractivity contribution in [2.24, 2.45) is 0 Å². The lowest BCUT2D eigenvalue weighted by atomic mass is 10.1. The fourth-order valence-electron chi connectivity index (χ4n) is 2.35. The number of nitrogens with one attached hydrogen (secondary N) is 2. The number of hydrogen-bond donors (Lipinski definition) is 2. The van der Waals surface area contributed by atoms with Crippen molar-refractivity contribution in [1.82, 2.24) is 5.32 Å². The second kappa shape index (κ2) is 9.59. The maximum absolute atomic E-state index is 12.1. The van der Waals surface area contributed by atoms with Crippen LogP contribution in [0.3, 0.4) is 0 Å². The van der Waals surface area contributed by atoms with Crippen molar-refractivity contribution in [1.29, 1.82) is 0 Å². The van der Waals surface area contributed by atoms with Crippen LogP contribution in [0.25, 0.3) is 0 Å². The van der Waals surface area contributed by atoms with E-state index in [0.717, 1.165) is 5.56 Å². The monoisotopic (exact) mass is 390 g/mol. The first-order chi connectivity index (χ1) is 13.0. The molecule has 0 aliphatic rings. The molecule has 0 heterocycles. The van der Waals surface area contributed by atoms with Crippen molar-refractivity contribution >= 4 is 35.1 Å². The third kappa shape index (κ3) is 5.46. The van der Waals surface area contributed by atoms with E-state index < -0.39 is 17.8 Å². The highest BCUT2D eigenvalue weighted by Crippen LogP contribution is 2.23. The smallest absolute Gasteiger partial charge is 0.337 e. The summed E-state index contributed by atoms with van der Waals surface area (Å²) in [6, 6.07) is 11.6. The van der Waals surface area contributed by atoms with Gasteiger partial charge in [-0.15, -0.1) is 0 Å². The number of carbonyl (C=O) groups excluding carboxylic acids is 3. The Morgan fingerprint density at radius 3 is 2.48 bits per heavy atom. The molecule has 2 amide bonds. The number of benzene rings is 2. The molecule has 2 N–H and O–H groups in total. The molecule has 27 heavy (non-hydrogen) atoms. The number of carbonyl (C=O) groups is 3. The van der Waals surface area contributed by atoms with Crippen LogP contribution >= 0.6 is 11.6 Å². The van der Waals surface area contributed by atoms with E-state index in [1.54, 1.807) is 7.11 Å². The summed E-state index contributed by atoms with van der Waals surface area (Å²) in [6.07, 6.45) is 0.502. The van der Waals surface area contributed by atoms with E-state index in [9.17, 15) is 14.4 Å². The van der Waals surface area contributed by atoms with Gasteiger partial charge in [-0.25, -0.2) is 4.79 Å². The molecule has 2 aromatic carbocycles. The molecule has 8 heteroatoms. The summed E-state index contributed by atoms with van der Waals surface area (Å²) >= 11 is 6.00. The minimum atomic E-state index is -0.890. The van der Waals surface area contributed by atoms with E-state index in [4.69, 9.17) is 16.3 Å². The Labute approximate surface area is 161 Å². The van der Waals surface area contributed by atoms with Crippen LogP contribution in [0.1, 0.15) is 15.9 Å². The van der Waals surface area contributed by atoms with Crippen LogP contribution in [0.5, 0.6) is 5.75 Å². The van der Waals surface area contributed by atoms with E-state index >= 15 is 0 Å². The Kier molecular flexibility index (Phi) is 7.19. The van der Waals surface area contributed by atoms with Crippen LogP contribution in [0.2, 0.25) is 5.02 Å². The Balaban J connectivity index is 1.94. The second-order valence-electron chi connectivity index (χ2n) is 5.46. The van der Waals surface area contributed by atoms with Gasteiger partial charge < -0.3 is 20.1 Å². The maximum Gasteiger partial charge on any atom is 0.337 e. The third-order valence-electron chi connectivity index (χ3n) is 3.71. The van der Waals surface area contributed by atoms with Crippen LogP contribution in [-0.4, -0.2) is 38.5 Å². The van der Waals surface area contributed by atoms with E-state index in [1.165, 1.54) is 25.3 Å². The van der Waals surface area contributed by atoms with E-state index in [-0.39, 0.29) is 22.8 Å². The van der Waals surface area contributed by atoms with E-state index in [0.29, 0.717) is 12.2 Å². The summed E-state index contributed by atoms with van der Waals surface area (Å²) in [6.45, 7) is 0.253. The number of methoxy groups -OCH3 is 2. The maximum atomic E-state index is 12.1. The molecule has 0 fully saturated rings. The van der Waals surface area contributed by atoms with Gasteiger partial charge in [0.05, 0.1) is 30.5 Å². The number of anilines is 1. The van der Waals surface area contributed by atoms with Crippen LogP contribution in [0, 0.1) is 0 Å². The van der Waals surface area contributed by atoms with Crippen molar-refractivity contribution in [3.63, 3.8) is 0 Å². The zero-order valence-electron chi connectivity index (χ0n) is 14.9. The van der Waals surface area contributed by atoms with Crippen molar-refractivity contribution in [2.45, 2.75) is 6.42 Å². The molecule has 142 valence electrons. The highest BCUT2D eigenvalue weighted by molar-refractivity contribution is 6.41. The van der Waals surface area contributed by atoms with E-state index in [1.807, 2.05) is 24.3 Å². The Morgan fingerprint density at radius 1 is 1.04 bits per heavy atom. The number of amides is 2. The normalized spacial score (nSPS) is 10.0. The third-order valence-corrected chi connectivity index (χ3v) is 4.04. The van der Waals surface area contributed by atoms with Gasteiger partial charge in [-0.3, -0.25) is 9.59 Å². The van der Waals surface area contributed by atoms with Gasteiger partial charge in [0.2, 0.25) is 0 Å². The highest BCUT2D eigenvalue weighted by atomic mass is 35.5. The van der Waals surface area contributed by atoms with Gasteiger partial charge in [0.25, 0.3) is 0 Å². The first-order valence-electron chi connectivity index (χ1n) is 8.05. The lowest BCUT2D eigenvalue weighted by Gasteiger charge is -2.10. The predicted molar refractivity (Wildman–Crippen MR) is 101 cm³/mol. The second-order valence-corrected chi connectivity index (χ2v) is 5.87. The van der Waals surface area contributed by atoms with Crippen LogP contribution < -0.4 is 15.4 Å². The summed E-state index contributed by atoms with van der Waals surface area (Å²) in [5.74, 6) is -1.57. The van der Waals surface area contributed by atoms with Crippen molar-refractivity contribution in [3.05, 3.63) is 58.6 Å². The molecule has 0 radical (unpaired) electrons. The fraction of sp³-hybridized carbons (Fsp3) is 0.211. The van der Waals surface area contributed by atoms with Gasteiger partial charge >= 0.3 is 17.8 Å². The molecule has 0 saturated heterocycles. The first kappa shape index (κ1) is 20.3. The average Bonchev–Trinajstić information content (AvgIpc) is 2.69. The molecule has 2 aromatic rings. The van der Waals surface area contributed by atoms with Crippen molar-refractivity contribution < 1.29 is 23.9 Å². The molecule has 0 aliphatic carbocycles. The average molecular weight is 391 g/mol. The van der Waals surface area contributed by atoms with Gasteiger partial charge in [-0.2, -0.15) is 0 Å². The SMILES string of the molecule is COC(=O)c1ccc(Cl)c(NC(=O)C(=O)NCCc2ccccc2OC)c1. The zero-order chi connectivity index (χ0) is 19.8. The number of halogens is 1. The van der Waals surface area contributed by atoms with Crippen molar-refractivity contribution in [3.8, 4) is 5.75 Å². The van der Waals surface area contributed by atoms with Crippen LogP contribution in [0.4, 0.5) is 5.69 Å². The number of rotatable bonds is 6. The molecule has 0 spiro atoms. The summed E-state index contributed by atoms with van der Waals surface area (Å²) in [5, 5.41) is 5.11. The summed E-state index contributed by atoms with van der Waals surface area (Å²) in [7, 11) is 2.81. The molecule has 0 saturated carbocycles. The largest absolute Gasteiger partial charge is 0.496 e. The number of para-hydroxylation sites is 1. The summed E-state index contributed by atoms with van der Waals surface area (Å²) in [5.41, 5.74) is 1.26. The lowest BCUT2D eigenvalue weighted by Crippen LogP contribution is -2.36. The van der Waals surface area contributed by atoms with Gasteiger partial charge in [-0.05, 0) is 36.2 Å². The van der Waals surface area contributed by atoms with Crippen LogP contribution in [0.15, 0.2) is 42.5 Å². The molecule has 0 unspecified atom stereocenters. The molecule has 7 nitrogen and oxygen atoms in total. The van der Waals surface area contributed by atoms with Gasteiger partial charge in [0.15, 0.2) is 0 Å². The minimum absolute atomic E-state index is 0.143. The fourth-order valence-corrected chi connectivity index (χ4v) is 2.51. The molecule has 0 aliphatic heterocycles. The molecule has 0 bridgehead atoms. The predicted octanol–water partition coefficient (Wildman–Crippen LogP) is 2.43. The van der Waals surface area contributed by atoms with Gasteiger partial charge in [-0.1, -0.05) is 29.8 Å². The van der Waals surface area contributed by atoms with Gasteiger partial charge in [0, 0.05) is 6.54 Å². The number of ether oxygens (including phenoxy) is 2. The standard InChI is InChI=1S/C19H19ClN2O5/c1-26-16-6-4-3-5-12(16)9-10-21-17(23)18(24)22-15-11-13(19(25)27-2)7-8-14(15)20/h3-8,11H,9-10H2,1-2H3,(H,21,23)(H,22,24). The van der Waals surface area contributed by atoms with E-state index in [2.05, 4.69) is 15.4 Å². The Hall–Kier alpha value is -3.06. The Bertz CT molecular complexity index is 854. The molecule has 2 rings (SSSR count). The van der Waals surface area contributed by atoms with Crippen molar-refractivity contribution in [2.75, 3.05) is 26.1 Å². The van der Waals surface area contributed by atoms with Gasteiger partial charge in [0.1, 0.15) is 5.75 Å². The zero-order valence-corrected chi connectivity index (χ0v) is 15.6. The minimum Gasteiger partial charge on any atom is -0.496 e. The summed E-state index contributed by atoms with van der Waals surface area (Å²) in [4.78, 5) is 35.6. The highest BCUT2D eigenvalue weighted by Gasteiger charge is 2.16. The first-order valence-corrected chi connectivity index (χ1v) is 8.43. The number of esters is 1. The number of hydrogen-bond acceptors (Lipinski definition) is 5. The Morgan fingerprint density at radius 2 is 1.78 bits per heavy atom. The molecule has 0 atom stereocenters. The molecular formula is C19H19ClN2O5. The quantitative estimate of drug-likeness (QED) is 0.583. The summed E-state index contributed by atoms with van der Waals surface area (Å²) < 4.78 is 9.85.